The summed E-state index contributed by atoms with van der Waals surface area (Å²) in [6.07, 6.45) is 1.46. The third-order valence-electron chi connectivity index (χ3n) is 2.65. The van der Waals surface area contributed by atoms with Gasteiger partial charge >= 0.3 is 0 Å². The van der Waals surface area contributed by atoms with Crippen molar-refractivity contribution in [3.63, 3.8) is 0 Å². The smallest absolute Gasteiger partial charge is 0.236 e. The molecule has 0 unspecified atom stereocenters. The Morgan fingerprint density at radius 3 is 2.78 bits per heavy atom. The highest BCUT2D eigenvalue weighted by Crippen LogP contribution is 2.00. The molecule has 0 saturated heterocycles. The minimum absolute atomic E-state index is 0.0828. The number of carbonyl (C=O) groups is 1. The average Bonchev–Trinajstić information content (AvgIpc) is 2.42. The van der Waals surface area contributed by atoms with Crippen molar-refractivity contribution in [2.75, 3.05) is 13.2 Å². The zero-order valence-electron chi connectivity index (χ0n) is 10.9. The van der Waals surface area contributed by atoms with Crippen LogP contribution in [-0.4, -0.2) is 25.1 Å². The molecule has 4 heteroatoms. The molecule has 0 heterocycles. The highest BCUT2D eigenvalue weighted by atomic mass is 16.5. The van der Waals surface area contributed by atoms with Gasteiger partial charge in [0.15, 0.2) is 0 Å². The van der Waals surface area contributed by atoms with Crippen LogP contribution >= 0.6 is 0 Å². The minimum atomic E-state index is -0.393. The molecule has 0 saturated carbocycles. The number of benzene rings is 1. The first-order valence-corrected chi connectivity index (χ1v) is 6.39. The molecule has 0 aliphatic heterocycles. The van der Waals surface area contributed by atoms with Crippen molar-refractivity contribution in [1.82, 2.24) is 5.32 Å². The zero-order chi connectivity index (χ0) is 13.2. The Bertz CT molecular complexity index is 341. The molecule has 0 aliphatic carbocycles. The van der Waals surface area contributed by atoms with Gasteiger partial charge in [-0.15, -0.1) is 0 Å². The Kier molecular flexibility index (Phi) is 7.06. The third kappa shape index (κ3) is 5.80. The van der Waals surface area contributed by atoms with Crippen LogP contribution in [0.25, 0.3) is 0 Å². The Labute approximate surface area is 109 Å². The minimum Gasteiger partial charge on any atom is -0.377 e. The van der Waals surface area contributed by atoms with Crippen molar-refractivity contribution in [3.05, 3.63) is 35.9 Å². The summed E-state index contributed by atoms with van der Waals surface area (Å²) in [5.74, 6) is -0.0828. The maximum atomic E-state index is 11.4. The number of ether oxygens (including phenoxy) is 1. The van der Waals surface area contributed by atoms with Gasteiger partial charge in [0.2, 0.25) is 5.91 Å². The van der Waals surface area contributed by atoms with Gasteiger partial charge in [0.25, 0.3) is 0 Å². The van der Waals surface area contributed by atoms with Crippen LogP contribution in [0.2, 0.25) is 0 Å². The number of nitrogens with two attached hydrogens (primary N) is 1. The zero-order valence-corrected chi connectivity index (χ0v) is 10.9. The molecule has 1 amide bonds. The molecule has 18 heavy (non-hydrogen) atoms. The van der Waals surface area contributed by atoms with E-state index in [9.17, 15) is 4.79 Å². The lowest BCUT2D eigenvalue weighted by molar-refractivity contribution is -0.122. The van der Waals surface area contributed by atoms with Crippen molar-refractivity contribution in [2.24, 2.45) is 5.73 Å². The number of nitrogens with one attached hydrogen (secondary N) is 1. The SMILES string of the molecule is CC[C@@H](N)C(=O)NCCCOCc1ccccc1. The van der Waals surface area contributed by atoms with Gasteiger partial charge in [0, 0.05) is 13.2 Å². The van der Waals surface area contributed by atoms with Gasteiger partial charge in [-0.2, -0.15) is 0 Å². The summed E-state index contributed by atoms with van der Waals surface area (Å²) >= 11 is 0. The number of hydrogen-bond donors (Lipinski definition) is 2. The fourth-order valence-electron chi connectivity index (χ4n) is 1.47. The maximum absolute atomic E-state index is 11.4. The lowest BCUT2D eigenvalue weighted by atomic mass is 10.2. The maximum Gasteiger partial charge on any atom is 0.236 e. The molecule has 0 radical (unpaired) electrons. The van der Waals surface area contributed by atoms with E-state index in [1.165, 1.54) is 0 Å². The first kappa shape index (κ1) is 14.7. The number of rotatable bonds is 8. The van der Waals surface area contributed by atoms with Gasteiger partial charge in [-0.3, -0.25) is 4.79 Å². The predicted octanol–water partition coefficient (Wildman–Crippen LogP) is 1.45. The normalized spacial score (nSPS) is 12.1. The fraction of sp³-hybridized carbons (Fsp3) is 0.500. The van der Waals surface area contributed by atoms with Crippen molar-refractivity contribution in [1.29, 1.82) is 0 Å². The van der Waals surface area contributed by atoms with E-state index < -0.39 is 6.04 Å². The largest absolute Gasteiger partial charge is 0.377 e. The molecule has 4 nitrogen and oxygen atoms in total. The van der Waals surface area contributed by atoms with Crippen LogP contribution < -0.4 is 11.1 Å². The molecule has 1 aromatic rings. The summed E-state index contributed by atoms with van der Waals surface area (Å²) in [6.45, 7) is 3.76. The quantitative estimate of drug-likeness (QED) is 0.686. The molecular weight excluding hydrogens is 228 g/mol. The second kappa shape index (κ2) is 8.66. The lowest BCUT2D eigenvalue weighted by Crippen LogP contribution is -2.40. The summed E-state index contributed by atoms with van der Waals surface area (Å²) in [7, 11) is 0. The first-order chi connectivity index (χ1) is 8.74. The van der Waals surface area contributed by atoms with Crippen LogP contribution in [0, 0.1) is 0 Å². The molecule has 0 aromatic heterocycles. The van der Waals surface area contributed by atoms with Crippen LogP contribution in [0.15, 0.2) is 30.3 Å². The van der Waals surface area contributed by atoms with Crippen LogP contribution in [-0.2, 0) is 16.1 Å². The molecule has 0 bridgehead atoms. The monoisotopic (exact) mass is 250 g/mol. The second-order valence-corrected chi connectivity index (χ2v) is 4.20. The highest BCUT2D eigenvalue weighted by molar-refractivity contribution is 5.81. The van der Waals surface area contributed by atoms with Crippen molar-refractivity contribution in [3.8, 4) is 0 Å². The Balaban J connectivity index is 2.01. The predicted molar refractivity (Wildman–Crippen MR) is 72.0 cm³/mol. The number of amides is 1. The summed E-state index contributed by atoms with van der Waals surface area (Å²) in [6, 6.07) is 9.63. The van der Waals surface area contributed by atoms with Crippen LogP contribution in [0.5, 0.6) is 0 Å². The van der Waals surface area contributed by atoms with Crippen LogP contribution in [0.3, 0.4) is 0 Å². The summed E-state index contributed by atoms with van der Waals surface area (Å²) in [5, 5.41) is 2.79. The Morgan fingerprint density at radius 1 is 1.39 bits per heavy atom. The van der Waals surface area contributed by atoms with Gasteiger partial charge < -0.3 is 15.8 Å². The summed E-state index contributed by atoms with van der Waals surface area (Å²) in [4.78, 5) is 11.4. The van der Waals surface area contributed by atoms with E-state index in [0.29, 0.717) is 26.2 Å². The Morgan fingerprint density at radius 2 is 2.11 bits per heavy atom. The van der Waals surface area contributed by atoms with E-state index >= 15 is 0 Å². The van der Waals surface area contributed by atoms with E-state index in [1.807, 2.05) is 37.3 Å². The summed E-state index contributed by atoms with van der Waals surface area (Å²) in [5.41, 5.74) is 6.75. The van der Waals surface area contributed by atoms with Gasteiger partial charge in [-0.05, 0) is 18.4 Å². The van der Waals surface area contributed by atoms with Crippen LogP contribution in [0.1, 0.15) is 25.3 Å². The topological polar surface area (TPSA) is 64.4 Å². The average molecular weight is 250 g/mol. The van der Waals surface area contributed by atoms with Crippen molar-refractivity contribution in [2.45, 2.75) is 32.4 Å². The van der Waals surface area contributed by atoms with E-state index in [4.69, 9.17) is 10.5 Å². The number of hydrogen-bond acceptors (Lipinski definition) is 3. The van der Waals surface area contributed by atoms with Crippen molar-refractivity contribution >= 4 is 5.91 Å². The van der Waals surface area contributed by atoms with Crippen molar-refractivity contribution < 1.29 is 9.53 Å². The molecule has 1 atom stereocenters. The molecule has 1 rings (SSSR count). The fourth-order valence-corrected chi connectivity index (χ4v) is 1.47. The van der Waals surface area contributed by atoms with E-state index in [0.717, 1.165) is 12.0 Å². The van der Waals surface area contributed by atoms with E-state index in [1.54, 1.807) is 0 Å². The molecule has 0 aliphatic rings. The molecule has 0 spiro atoms. The van der Waals surface area contributed by atoms with Gasteiger partial charge in [-0.25, -0.2) is 0 Å². The first-order valence-electron chi connectivity index (χ1n) is 6.39. The van der Waals surface area contributed by atoms with E-state index in [2.05, 4.69) is 5.32 Å². The molecular formula is C14H22N2O2. The van der Waals surface area contributed by atoms with Gasteiger partial charge in [0.1, 0.15) is 0 Å². The second-order valence-electron chi connectivity index (χ2n) is 4.20. The summed E-state index contributed by atoms with van der Waals surface area (Å²) < 4.78 is 5.51. The Hall–Kier alpha value is -1.39. The molecule has 0 fully saturated rings. The number of carbonyl (C=O) groups excluding carboxylic acids is 1. The van der Waals surface area contributed by atoms with Crippen LogP contribution in [0.4, 0.5) is 0 Å². The van der Waals surface area contributed by atoms with Gasteiger partial charge in [-0.1, -0.05) is 37.3 Å². The molecule has 3 N–H and O–H groups in total. The highest BCUT2D eigenvalue weighted by Gasteiger charge is 2.08. The third-order valence-corrected chi connectivity index (χ3v) is 2.65. The van der Waals surface area contributed by atoms with E-state index in [-0.39, 0.29) is 5.91 Å². The molecule has 100 valence electrons. The van der Waals surface area contributed by atoms with Gasteiger partial charge in [0.05, 0.1) is 12.6 Å². The molecule has 1 aromatic carbocycles. The standard InChI is InChI=1S/C14H22N2O2/c1-2-13(15)14(17)16-9-6-10-18-11-12-7-4-3-5-8-12/h3-5,7-8,13H,2,6,9-11,15H2,1H3,(H,16,17)/t13-/m1/s1. The lowest BCUT2D eigenvalue weighted by Gasteiger charge is -2.10.